The number of benzene rings is 2. The van der Waals surface area contributed by atoms with Gasteiger partial charge in [-0.05, 0) is 34.9 Å². The first-order chi connectivity index (χ1) is 8.96. The monoisotopic (exact) mass is 276 g/mol. The number of phenolic OH excluding ortho intramolecular Hbond substituents is 2. The summed E-state index contributed by atoms with van der Waals surface area (Å²) in [6.45, 7) is 0. The van der Waals surface area contributed by atoms with Crippen LogP contribution in [0.1, 0.15) is 11.1 Å². The second-order valence-corrected chi connectivity index (χ2v) is 6.75. The summed E-state index contributed by atoms with van der Waals surface area (Å²) in [5.74, 6) is -0.161. The molecular weight excluding hydrogens is 264 g/mol. The number of hydrogen-bond donors (Lipinski definition) is 2. The van der Waals surface area contributed by atoms with Gasteiger partial charge < -0.3 is 10.2 Å². The summed E-state index contributed by atoms with van der Waals surface area (Å²) in [4.78, 5) is 0. The van der Waals surface area contributed by atoms with Crippen molar-refractivity contribution in [1.82, 2.24) is 0 Å². The Morgan fingerprint density at radius 3 is 2.47 bits per heavy atom. The summed E-state index contributed by atoms with van der Waals surface area (Å²) in [7, 11) is -3.30. The highest BCUT2D eigenvalue weighted by molar-refractivity contribution is 7.89. The van der Waals surface area contributed by atoms with E-state index in [2.05, 4.69) is 0 Å². The van der Waals surface area contributed by atoms with Crippen molar-refractivity contribution in [1.29, 1.82) is 0 Å². The SMILES string of the molecule is O=S1(=O)Cc2cc(O)ccc2-c2c(O)cccc2C1. The Balaban J connectivity index is 2.40. The van der Waals surface area contributed by atoms with Crippen LogP contribution in [0.2, 0.25) is 0 Å². The second-order valence-electron chi connectivity index (χ2n) is 4.68. The molecule has 0 fully saturated rings. The number of sulfone groups is 1. The van der Waals surface area contributed by atoms with Crippen LogP contribution in [-0.2, 0) is 21.3 Å². The van der Waals surface area contributed by atoms with Gasteiger partial charge >= 0.3 is 0 Å². The molecule has 5 heteroatoms. The number of phenols is 2. The Bertz CT molecular complexity index is 763. The largest absolute Gasteiger partial charge is 0.508 e. The highest BCUT2D eigenvalue weighted by Crippen LogP contribution is 2.40. The number of aromatic hydroxyl groups is 2. The molecule has 1 heterocycles. The molecule has 2 aromatic carbocycles. The van der Waals surface area contributed by atoms with Crippen molar-refractivity contribution >= 4 is 9.84 Å². The minimum absolute atomic E-state index is 0.0211. The van der Waals surface area contributed by atoms with Gasteiger partial charge in [-0.3, -0.25) is 0 Å². The molecule has 0 unspecified atom stereocenters. The highest BCUT2D eigenvalue weighted by Gasteiger charge is 2.25. The third kappa shape index (κ3) is 2.06. The zero-order chi connectivity index (χ0) is 13.6. The molecule has 2 aromatic rings. The van der Waals surface area contributed by atoms with Gasteiger partial charge in [0.1, 0.15) is 11.5 Å². The molecule has 1 aliphatic heterocycles. The maximum absolute atomic E-state index is 12.1. The summed E-state index contributed by atoms with van der Waals surface area (Å²) in [5.41, 5.74) is 2.30. The third-order valence-corrected chi connectivity index (χ3v) is 4.74. The first-order valence-electron chi connectivity index (χ1n) is 5.80. The molecular formula is C14H12O4S. The predicted molar refractivity (Wildman–Crippen MR) is 71.5 cm³/mol. The van der Waals surface area contributed by atoms with Gasteiger partial charge in [-0.15, -0.1) is 0 Å². The average Bonchev–Trinajstić information content (AvgIpc) is 2.41. The van der Waals surface area contributed by atoms with Gasteiger partial charge in [0, 0.05) is 5.56 Å². The summed E-state index contributed by atoms with van der Waals surface area (Å²) >= 11 is 0. The molecule has 0 bridgehead atoms. The second kappa shape index (κ2) is 3.99. The van der Waals surface area contributed by atoms with Crippen LogP contribution in [0.5, 0.6) is 11.5 Å². The zero-order valence-electron chi connectivity index (χ0n) is 10.00. The summed E-state index contributed by atoms with van der Waals surface area (Å²) in [6.07, 6.45) is 0. The maximum Gasteiger partial charge on any atom is 0.158 e. The van der Waals surface area contributed by atoms with E-state index in [1.807, 2.05) is 0 Å². The average molecular weight is 276 g/mol. The van der Waals surface area contributed by atoms with E-state index in [9.17, 15) is 18.6 Å². The van der Waals surface area contributed by atoms with Crippen LogP contribution < -0.4 is 0 Å². The van der Waals surface area contributed by atoms with Gasteiger partial charge in [0.05, 0.1) is 11.5 Å². The molecule has 0 aromatic heterocycles. The lowest BCUT2D eigenvalue weighted by Gasteiger charge is -2.10. The van der Waals surface area contributed by atoms with Crippen molar-refractivity contribution in [3.63, 3.8) is 0 Å². The molecule has 1 aliphatic rings. The van der Waals surface area contributed by atoms with Crippen LogP contribution in [-0.4, -0.2) is 18.6 Å². The van der Waals surface area contributed by atoms with Crippen molar-refractivity contribution in [2.45, 2.75) is 11.5 Å². The lowest BCUT2D eigenvalue weighted by molar-refractivity contribution is 0.473. The Labute approximate surface area is 110 Å². The van der Waals surface area contributed by atoms with E-state index in [-0.39, 0.29) is 23.0 Å². The molecule has 0 radical (unpaired) electrons. The van der Waals surface area contributed by atoms with E-state index >= 15 is 0 Å². The Hall–Kier alpha value is -2.01. The van der Waals surface area contributed by atoms with Gasteiger partial charge in [0.15, 0.2) is 9.84 Å². The van der Waals surface area contributed by atoms with E-state index in [4.69, 9.17) is 0 Å². The Morgan fingerprint density at radius 1 is 0.947 bits per heavy atom. The number of fused-ring (bicyclic) bond motifs is 3. The van der Waals surface area contributed by atoms with E-state index in [0.29, 0.717) is 22.3 Å². The van der Waals surface area contributed by atoms with Gasteiger partial charge in [-0.25, -0.2) is 8.42 Å². The molecule has 0 amide bonds. The lowest BCUT2D eigenvalue weighted by Crippen LogP contribution is -2.05. The van der Waals surface area contributed by atoms with Gasteiger partial charge in [0.2, 0.25) is 0 Å². The quantitative estimate of drug-likeness (QED) is 0.773. The predicted octanol–water partition coefficient (Wildman–Crippen LogP) is 2.19. The number of rotatable bonds is 0. The standard InChI is InChI=1S/C14H12O4S/c15-11-4-5-12-10(6-11)8-19(17,18)7-9-2-1-3-13(16)14(9)12/h1-6,15-16H,7-8H2. The zero-order valence-corrected chi connectivity index (χ0v) is 10.8. The van der Waals surface area contributed by atoms with Crippen LogP contribution in [0.3, 0.4) is 0 Å². The van der Waals surface area contributed by atoms with E-state index in [1.54, 1.807) is 18.2 Å². The normalized spacial score (nSPS) is 16.2. The minimum atomic E-state index is -3.30. The van der Waals surface area contributed by atoms with Crippen LogP contribution in [0.4, 0.5) is 0 Å². The minimum Gasteiger partial charge on any atom is -0.508 e. The molecule has 0 saturated heterocycles. The fourth-order valence-electron chi connectivity index (χ4n) is 2.49. The van der Waals surface area contributed by atoms with Crippen molar-refractivity contribution < 1.29 is 18.6 Å². The molecule has 0 aliphatic carbocycles. The van der Waals surface area contributed by atoms with E-state index in [0.717, 1.165) is 0 Å². The van der Waals surface area contributed by atoms with Crippen LogP contribution in [0.15, 0.2) is 36.4 Å². The van der Waals surface area contributed by atoms with Gasteiger partial charge in [0.25, 0.3) is 0 Å². The molecule has 2 N–H and O–H groups in total. The Kier molecular flexibility index (Phi) is 2.53. The number of hydrogen-bond acceptors (Lipinski definition) is 4. The third-order valence-electron chi connectivity index (χ3n) is 3.24. The van der Waals surface area contributed by atoms with Crippen LogP contribution in [0.25, 0.3) is 11.1 Å². The molecule has 3 rings (SSSR count). The smallest absolute Gasteiger partial charge is 0.158 e. The molecule has 0 spiro atoms. The van der Waals surface area contributed by atoms with Gasteiger partial charge in [-0.2, -0.15) is 0 Å². The van der Waals surface area contributed by atoms with Crippen molar-refractivity contribution in [3.8, 4) is 22.6 Å². The van der Waals surface area contributed by atoms with Crippen LogP contribution in [0, 0.1) is 0 Å². The Morgan fingerprint density at radius 2 is 1.68 bits per heavy atom. The topological polar surface area (TPSA) is 74.6 Å². The summed E-state index contributed by atoms with van der Waals surface area (Å²) in [5, 5.41) is 19.5. The highest BCUT2D eigenvalue weighted by atomic mass is 32.2. The van der Waals surface area contributed by atoms with Gasteiger partial charge in [-0.1, -0.05) is 18.2 Å². The maximum atomic E-state index is 12.1. The fraction of sp³-hybridized carbons (Fsp3) is 0.143. The molecule has 0 atom stereocenters. The van der Waals surface area contributed by atoms with E-state index < -0.39 is 9.84 Å². The fourth-order valence-corrected chi connectivity index (χ4v) is 4.02. The van der Waals surface area contributed by atoms with Crippen molar-refractivity contribution in [3.05, 3.63) is 47.5 Å². The summed E-state index contributed by atoms with van der Waals surface area (Å²) < 4.78 is 24.1. The molecule has 19 heavy (non-hydrogen) atoms. The van der Waals surface area contributed by atoms with E-state index in [1.165, 1.54) is 18.2 Å². The molecule has 98 valence electrons. The van der Waals surface area contributed by atoms with Crippen LogP contribution >= 0.6 is 0 Å². The summed E-state index contributed by atoms with van der Waals surface area (Å²) in [6, 6.07) is 9.45. The van der Waals surface area contributed by atoms with Crippen molar-refractivity contribution in [2.75, 3.05) is 0 Å². The molecule has 4 nitrogen and oxygen atoms in total. The lowest BCUT2D eigenvalue weighted by atomic mass is 9.95. The first kappa shape index (κ1) is 12.0. The first-order valence-corrected chi connectivity index (χ1v) is 7.62. The van der Waals surface area contributed by atoms with Crippen molar-refractivity contribution in [2.24, 2.45) is 0 Å². The molecule has 0 saturated carbocycles.